The van der Waals surface area contributed by atoms with Crippen LogP contribution in [-0.2, 0) is 9.59 Å². The van der Waals surface area contributed by atoms with Crippen LogP contribution in [0.4, 0.5) is 0 Å². The summed E-state index contributed by atoms with van der Waals surface area (Å²) in [6.07, 6.45) is 4.19. The van der Waals surface area contributed by atoms with Crippen LogP contribution in [0.3, 0.4) is 0 Å². The normalized spacial score (nSPS) is 19.7. The third-order valence-electron chi connectivity index (χ3n) is 3.17. The lowest BCUT2D eigenvalue weighted by Gasteiger charge is -2.24. The third kappa shape index (κ3) is 4.34. The van der Waals surface area contributed by atoms with E-state index in [0.29, 0.717) is 0 Å². The van der Waals surface area contributed by atoms with E-state index in [9.17, 15) is 9.59 Å². The summed E-state index contributed by atoms with van der Waals surface area (Å²) in [5.41, 5.74) is 0. The molecule has 2 amide bonds. The molecule has 0 aromatic heterocycles. The monoisotopic (exact) mass is 242 g/mol. The Hall–Kier alpha value is -1.10. The fourth-order valence-corrected chi connectivity index (χ4v) is 2.29. The van der Waals surface area contributed by atoms with Gasteiger partial charge in [0.05, 0.1) is 6.61 Å². The van der Waals surface area contributed by atoms with Crippen molar-refractivity contribution in [2.24, 2.45) is 5.92 Å². The van der Waals surface area contributed by atoms with Crippen LogP contribution in [0.5, 0.6) is 0 Å². The predicted octanol–water partition coefficient (Wildman–Crippen LogP) is 0.178. The SMILES string of the molecule is CC(=O)NC(C(=O)NC(C)CO)C1CCCC1. The molecule has 0 radical (unpaired) electrons. The summed E-state index contributed by atoms with van der Waals surface area (Å²) >= 11 is 0. The first-order valence-corrected chi connectivity index (χ1v) is 6.23. The van der Waals surface area contributed by atoms with E-state index in [0.717, 1.165) is 25.7 Å². The van der Waals surface area contributed by atoms with Gasteiger partial charge in [0.1, 0.15) is 6.04 Å². The first-order chi connectivity index (χ1) is 8.04. The molecule has 0 spiro atoms. The Labute approximate surface area is 102 Å². The molecular formula is C12H22N2O3. The number of carbonyl (C=O) groups is 2. The molecule has 1 rings (SSSR count). The summed E-state index contributed by atoms with van der Waals surface area (Å²) in [7, 11) is 0. The zero-order chi connectivity index (χ0) is 12.8. The third-order valence-corrected chi connectivity index (χ3v) is 3.17. The molecule has 0 aromatic rings. The van der Waals surface area contributed by atoms with Crippen LogP contribution < -0.4 is 10.6 Å². The maximum atomic E-state index is 12.0. The summed E-state index contributed by atoms with van der Waals surface area (Å²) in [5.74, 6) is -0.146. The largest absolute Gasteiger partial charge is 0.394 e. The van der Waals surface area contributed by atoms with Gasteiger partial charge in [-0.1, -0.05) is 12.8 Å². The maximum Gasteiger partial charge on any atom is 0.243 e. The molecule has 1 aliphatic carbocycles. The van der Waals surface area contributed by atoms with E-state index in [1.165, 1.54) is 6.92 Å². The molecule has 0 aromatic carbocycles. The van der Waals surface area contributed by atoms with Crippen molar-refractivity contribution in [2.45, 2.75) is 51.6 Å². The summed E-state index contributed by atoms with van der Waals surface area (Å²) in [5, 5.41) is 14.3. The van der Waals surface area contributed by atoms with E-state index >= 15 is 0 Å². The van der Waals surface area contributed by atoms with Crippen LogP contribution in [0.1, 0.15) is 39.5 Å². The average molecular weight is 242 g/mol. The lowest BCUT2D eigenvalue weighted by molar-refractivity contribution is -0.130. The highest BCUT2D eigenvalue weighted by atomic mass is 16.3. The van der Waals surface area contributed by atoms with E-state index in [-0.39, 0.29) is 30.4 Å². The summed E-state index contributed by atoms with van der Waals surface area (Å²) in [4.78, 5) is 23.1. The van der Waals surface area contributed by atoms with Crippen LogP contribution in [0.15, 0.2) is 0 Å². The number of hydrogen-bond acceptors (Lipinski definition) is 3. The summed E-state index contributed by atoms with van der Waals surface area (Å²) < 4.78 is 0. The molecule has 2 unspecified atom stereocenters. The number of rotatable bonds is 5. The molecule has 1 fully saturated rings. The van der Waals surface area contributed by atoms with Gasteiger partial charge in [0.15, 0.2) is 0 Å². The van der Waals surface area contributed by atoms with Gasteiger partial charge in [-0.2, -0.15) is 0 Å². The smallest absolute Gasteiger partial charge is 0.243 e. The fraction of sp³-hybridized carbons (Fsp3) is 0.833. The minimum Gasteiger partial charge on any atom is -0.394 e. The summed E-state index contributed by atoms with van der Waals surface area (Å²) in [6, 6.07) is -0.732. The van der Waals surface area contributed by atoms with Crippen molar-refractivity contribution in [3.63, 3.8) is 0 Å². The van der Waals surface area contributed by atoms with Crippen molar-refractivity contribution in [1.82, 2.24) is 10.6 Å². The average Bonchev–Trinajstić information content (AvgIpc) is 2.78. The molecule has 5 heteroatoms. The van der Waals surface area contributed by atoms with Gasteiger partial charge in [-0.3, -0.25) is 9.59 Å². The second kappa shape index (κ2) is 6.59. The Morgan fingerprint density at radius 1 is 1.29 bits per heavy atom. The molecule has 3 N–H and O–H groups in total. The van der Waals surface area contributed by atoms with Crippen molar-refractivity contribution in [3.05, 3.63) is 0 Å². The Kier molecular flexibility index (Phi) is 5.41. The molecule has 5 nitrogen and oxygen atoms in total. The molecule has 0 saturated heterocycles. The van der Waals surface area contributed by atoms with Gasteiger partial charge in [-0.25, -0.2) is 0 Å². The van der Waals surface area contributed by atoms with Gasteiger partial charge < -0.3 is 15.7 Å². The van der Waals surface area contributed by atoms with Gasteiger partial charge in [-0.15, -0.1) is 0 Å². The minimum atomic E-state index is -0.455. The van der Waals surface area contributed by atoms with Gasteiger partial charge in [0, 0.05) is 13.0 Å². The number of aliphatic hydroxyl groups excluding tert-OH is 1. The lowest BCUT2D eigenvalue weighted by Crippen LogP contribution is -2.52. The minimum absolute atomic E-state index is 0.0940. The first-order valence-electron chi connectivity index (χ1n) is 6.23. The van der Waals surface area contributed by atoms with E-state index in [2.05, 4.69) is 10.6 Å². The molecule has 0 aliphatic heterocycles. The lowest BCUT2D eigenvalue weighted by atomic mass is 9.97. The van der Waals surface area contributed by atoms with E-state index in [4.69, 9.17) is 5.11 Å². The Morgan fingerprint density at radius 2 is 1.88 bits per heavy atom. The highest BCUT2D eigenvalue weighted by Gasteiger charge is 2.31. The zero-order valence-corrected chi connectivity index (χ0v) is 10.5. The van der Waals surface area contributed by atoms with E-state index < -0.39 is 6.04 Å². The van der Waals surface area contributed by atoms with Crippen LogP contribution in [-0.4, -0.2) is 35.6 Å². The first kappa shape index (κ1) is 14.0. The van der Waals surface area contributed by atoms with Crippen LogP contribution >= 0.6 is 0 Å². The van der Waals surface area contributed by atoms with Crippen LogP contribution in [0.2, 0.25) is 0 Å². The van der Waals surface area contributed by atoms with Crippen LogP contribution in [0, 0.1) is 5.92 Å². The van der Waals surface area contributed by atoms with E-state index in [1.54, 1.807) is 6.92 Å². The molecule has 1 saturated carbocycles. The Bertz CT molecular complexity index is 275. The standard InChI is InChI=1S/C12H22N2O3/c1-8(7-15)13-12(17)11(14-9(2)16)10-5-3-4-6-10/h8,10-11,15H,3-7H2,1-2H3,(H,13,17)(H,14,16). The maximum absolute atomic E-state index is 12.0. The van der Waals surface area contributed by atoms with Crippen molar-refractivity contribution >= 4 is 11.8 Å². The molecule has 1 aliphatic rings. The molecule has 0 bridgehead atoms. The van der Waals surface area contributed by atoms with Crippen LogP contribution in [0.25, 0.3) is 0 Å². The number of carbonyl (C=O) groups excluding carboxylic acids is 2. The van der Waals surface area contributed by atoms with Crippen molar-refractivity contribution in [1.29, 1.82) is 0 Å². The second-order valence-corrected chi connectivity index (χ2v) is 4.81. The zero-order valence-electron chi connectivity index (χ0n) is 10.5. The topological polar surface area (TPSA) is 78.4 Å². The molecule has 17 heavy (non-hydrogen) atoms. The molecule has 0 heterocycles. The number of amides is 2. The molecule has 2 atom stereocenters. The van der Waals surface area contributed by atoms with Crippen molar-refractivity contribution < 1.29 is 14.7 Å². The van der Waals surface area contributed by atoms with E-state index in [1.807, 2.05) is 0 Å². The Balaban J connectivity index is 2.60. The van der Waals surface area contributed by atoms with Crippen molar-refractivity contribution in [3.8, 4) is 0 Å². The quantitative estimate of drug-likeness (QED) is 0.643. The number of hydrogen-bond donors (Lipinski definition) is 3. The Morgan fingerprint density at radius 3 is 2.35 bits per heavy atom. The predicted molar refractivity (Wildman–Crippen MR) is 64.3 cm³/mol. The number of nitrogens with one attached hydrogen (secondary N) is 2. The van der Waals surface area contributed by atoms with Gasteiger partial charge >= 0.3 is 0 Å². The van der Waals surface area contributed by atoms with Gasteiger partial charge in [0.25, 0.3) is 0 Å². The fourth-order valence-electron chi connectivity index (χ4n) is 2.29. The summed E-state index contributed by atoms with van der Waals surface area (Å²) in [6.45, 7) is 3.06. The second-order valence-electron chi connectivity index (χ2n) is 4.81. The molecule has 98 valence electrons. The molecular weight excluding hydrogens is 220 g/mol. The van der Waals surface area contributed by atoms with Gasteiger partial charge in [-0.05, 0) is 25.7 Å². The highest BCUT2D eigenvalue weighted by molar-refractivity contribution is 5.87. The highest BCUT2D eigenvalue weighted by Crippen LogP contribution is 2.27. The number of aliphatic hydroxyl groups is 1. The van der Waals surface area contributed by atoms with Crippen molar-refractivity contribution in [2.75, 3.05) is 6.61 Å². The van der Waals surface area contributed by atoms with Gasteiger partial charge in [0.2, 0.25) is 11.8 Å².